The van der Waals surface area contributed by atoms with Gasteiger partial charge in [0, 0.05) is 19.3 Å². The smallest absolute Gasteiger partial charge is 0.306 e. The summed E-state index contributed by atoms with van der Waals surface area (Å²) in [6.45, 7) is 6.51. The summed E-state index contributed by atoms with van der Waals surface area (Å²) in [6, 6.07) is 0. The lowest BCUT2D eigenvalue weighted by atomic mass is 10.0. The van der Waals surface area contributed by atoms with Gasteiger partial charge in [0.1, 0.15) is 13.2 Å². The second-order valence-corrected chi connectivity index (χ2v) is 22.7. The molecule has 0 aromatic carbocycles. The molecule has 0 aromatic rings. The predicted molar refractivity (Wildman–Crippen MR) is 348 cm³/mol. The Kier molecular flexibility index (Phi) is 64.7. The molecule has 0 aliphatic carbocycles. The van der Waals surface area contributed by atoms with E-state index >= 15 is 0 Å². The molecule has 1 atom stereocenters. The number of carbonyl (C=O) groups is 3. The van der Waals surface area contributed by atoms with E-state index in [4.69, 9.17) is 14.2 Å². The molecule has 0 saturated heterocycles. The molecule has 0 aromatic heterocycles. The molecule has 0 aliphatic rings. The molecule has 0 heterocycles. The Balaban J connectivity index is 4.23. The zero-order chi connectivity index (χ0) is 57.8. The van der Waals surface area contributed by atoms with Gasteiger partial charge in [0.25, 0.3) is 0 Å². The zero-order valence-corrected chi connectivity index (χ0v) is 52.8. The molecular formula is C74H128O6. The van der Waals surface area contributed by atoms with Crippen LogP contribution in [0.4, 0.5) is 0 Å². The van der Waals surface area contributed by atoms with E-state index < -0.39 is 6.10 Å². The fourth-order valence-electron chi connectivity index (χ4n) is 9.67. The van der Waals surface area contributed by atoms with Crippen molar-refractivity contribution in [2.24, 2.45) is 0 Å². The van der Waals surface area contributed by atoms with Crippen LogP contribution in [0.5, 0.6) is 0 Å². The normalized spacial score (nSPS) is 12.7. The molecule has 6 nitrogen and oxygen atoms in total. The van der Waals surface area contributed by atoms with E-state index in [9.17, 15) is 14.4 Å². The van der Waals surface area contributed by atoms with Gasteiger partial charge in [0.15, 0.2) is 6.10 Å². The van der Waals surface area contributed by atoms with E-state index in [-0.39, 0.29) is 31.1 Å². The molecule has 0 fully saturated rings. The number of esters is 3. The summed E-state index contributed by atoms with van der Waals surface area (Å²) in [4.78, 5) is 38.4. The average Bonchev–Trinajstić information content (AvgIpc) is 3.46. The maximum Gasteiger partial charge on any atom is 0.306 e. The molecule has 6 heteroatoms. The Morgan fingerprint density at radius 2 is 0.487 bits per heavy atom. The first-order chi connectivity index (χ1) is 39.5. The van der Waals surface area contributed by atoms with Crippen LogP contribution < -0.4 is 0 Å². The van der Waals surface area contributed by atoms with E-state index in [1.54, 1.807) is 0 Å². The largest absolute Gasteiger partial charge is 0.462 e. The molecule has 1 unspecified atom stereocenters. The van der Waals surface area contributed by atoms with Crippen molar-refractivity contribution in [2.75, 3.05) is 13.2 Å². The number of allylic oxidation sites excluding steroid dienone is 16. The lowest BCUT2D eigenvalue weighted by molar-refractivity contribution is -0.167. The molecule has 80 heavy (non-hydrogen) atoms. The summed E-state index contributed by atoms with van der Waals surface area (Å²) in [7, 11) is 0. The summed E-state index contributed by atoms with van der Waals surface area (Å²) in [6.07, 6.45) is 91.4. The maximum absolute atomic E-state index is 12.9. The van der Waals surface area contributed by atoms with Gasteiger partial charge in [0.2, 0.25) is 0 Å². The van der Waals surface area contributed by atoms with E-state index in [2.05, 4.69) is 118 Å². The Bertz CT molecular complexity index is 1560. The summed E-state index contributed by atoms with van der Waals surface area (Å²) in [5.41, 5.74) is 0. The third-order valence-corrected chi connectivity index (χ3v) is 14.8. The lowest BCUT2D eigenvalue weighted by Crippen LogP contribution is -2.30. The quantitative estimate of drug-likeness (QED) is 0.0261. The molecule has 0 rings (SSSR count). The highest BCUT2D eigenvalue weighted by Gasteiger charge is 2.19. The highest BCUT2D eigenvalue weighted by molar-refractivity contribution is 5.71. The van der Waals surface area contributed by atoms with Crippen molar-refractivity contribution in [3.8, 4) is 0 Å². The maximum atomic E-state index is 12.9. The zero-order valence-electron chi connectivity index (χ0n) is 52.8. The highest BCUT2D eigenvalue weighted by Crippen LogP contribution is 2.17. The number of hydrogen-bond acceptors (Lipinski definition) is 6. The van der Waals surface area contributed by atoms with Gasteiger partial charge in [-0.15, -0.1) is 0 Å². The summed E-state index contributed by atoms with van der Waals surface area (Å²) < 4.78 is 16.9. The van der Waals surface area contributed by atoms with Crippen molar-refractivity contribution < 1.29 is 28.6 Å². The van der Waals surface area contributed by atoms with E-state index in [0.29, 0.717) is 19.3 Å². The van der Waals surface area contributed by atoms with Crippen LogP contribution >= 0.6 is 0 Å². The Morgan fingerprint density at radius 3 is 0.800 bits per heavy atom. The summed E-state index contributed by atoms with van der Waals surface area (Å²) in [5.74, 6) is -0.884. The van der Waals surface area contributed by atoms with Crippen molar-refractivity contribution >= 4 is 17.9 Å². The van der Waals surface area contributed by atoms with Crippen molar-refractivity contribution in [3.05, 3.63) is 97.2 Å². The summed E-state index contributed by atoms with van der Waals surface area (Å²) in [5, 5.41) is 0. The van der Waals surface area contributed by atoms with Gasteiger partial charge in [-0.05, 0) is 122 Å². The molecule has 0 bridgehead atoms. The molecule has 0 aliphatic heterocycles. The van der Waals surface area contributed by atoms with Crippen LogP contribution in [-0.2, 0) is 28.6 Å². The SMILES string of the molecule is CC/C=C\C/C=C\C/C=C\C/C=C\C/C=C\CCCCCCCCCCCCCCCCCC(=O)OCC(COC(=O)CCCCCCC/C=C\CCCCCCC)OC(=O)CCCCCCCCC/C=C\C/C=C\CCCCC. The van der Waals surface area contributed by atoms with Crippen LogP contribution in [0.25, 0.3) is 0 Å². The first-order valence-electron chi connectivity index (χ1n) is 34.2. The predicted octanol–water partition coefficient (Wildman–Crippen LogP) is 23.6. The third kappa shape index (κ3) is 65.1. The number of carbonyl (C=O) groups excluding carboxylic acids is 3. The third-order valence-electron chi connectivity index (χ3n) is 14.8. The second-order valence-electron chi connectivity index (χ2n) is 22.7. The topological polar surface area (TPSA) is 78.9 Å². The molecular weight excluding hydrogens is 985 g/mol. The van der Waals surface area contributed by atoms with Crippen LogP contribution in [0, 0.1) is 0 Å². The van der Waals surface area contributed by atoms with Crippen LogP contribution in [0.15, 0.2) is 97.2 Å². The van der Waals surface area contributed by atoms with Crippen LogP contribution in [0.3, 0.4) is 0 Å². The van der Waals surface area contributed by atoms with Crippen LogP contribution in [0.1, 0.15) is 335 Å². The fraction of sp³-hybridized carbons (Fsp3) is 0.743. The van der Waals surface area contributed by atoms with Gasteiger partial charge in [-0.25, -0.2) is 0 Å². The van der Waals surface area contributed by atoms with Crippen LogP contribution in [0.2, 0.25) is 0 Å². The molecule has 460 valence electrons. The van der Waals surface area contributed by atoms with E-state index in [1.807, 2.05) is 0 Å². The fourth-order valence-corrected chi connectivity index (χ4v) is 9.67. The molecule has 0 radical (unpaired) electrons. The number of unbranched alkanes of at least 4 members (excludes halogenated alkanes) is 35. The number of hydrogen-bond donors (Lipinski definition) is 0. The van der Waals surface area contributed by atoms with E-state index in [0.717, 1.165) is 109 Å². The minimum absolute atomic E-state index is 0.0808. The Hall–Kier alpha value is -3.67. The molecule has 0 saturated carbocycles. The first-order valence-corrected chi connectivity index (χ1v) is 34.2. The minimum Gasteiger partial charge on any atom is -0.462 e. The lowest BCUT2D eigenvalue weighted by Gasteiger charge is -2.18. The van der Waals surface area contributed by atoms with Crippen molar-refractivity contribution in [1.82, 2.24) is 0 Å². The van der Waals surface area contributed by atoms with Gasteiger partial charge < -0.3 is 14.2 Å². The Labute approximate surface area is 496 Å². The van der Waals surface area contributed by atoms with Gasteiger partial charge in [0.05, 0.1) is 0 Å². The number of ether oxygens (including phenoxy) is 3. The first kappa shape index (κ1) is 76.3. The van der Waals surface area contributed by atoms with Crippen LogP contribution in [-0.4, -0.2) is 37.2 Å². The van der Waals surface area contributed by atoms with Crippen molar-refractivity contribution in [2.45, 2.75) is 341 Å². The summed E-state index contributed by atoms with van der Waals surface area (Å²) >= 11 is 0. The van der Waals surface area contributed by atoms with E-state index in [1.165, 1.54) is 186 Å². The van der Waals surface area contributed by atoms with Crippen molar-refractivity contribution in [1.29, 1.82) is 0 Å². The minimum atomic E-state index is -0.785. The molecule has 0 amide bonds. The second kappa shape index (κ2) is 67.8. The highest BCUT2D eigenvalue weighted by atomic mass is 16.6. The molecule has 0 N–H and O–H groups in total. The monoisotopic (exact) mass is 1110 g/mol. The van der Waals surface area contributed by atoms with Gasteiger partial charge in [-0.1, -0.05) is 291 Å². The van der Waals surface area contributed by atoms with Crippen molar-refractivity contribution in [3.63, 3.8) is 0 Å². The van der Waals surface area contributed by atoms with Gasteiger partial charge in [-0.3, -0.25) is 14.4 Å². The van der Waals surface area contributed by atoms with Gasteiger partial charge in [-0.2, -0.15) is 0 Å². The number of rotatable bonds is 62. The standard InChI is InChI=1S/C74H128O6/c1-4-7-10-13-16-19-22-25-28-30-31-32-33-34-35-36-37-38-39-40-41-42-43-45-46-49-52-55-58-61-64-67-73(76)79-70-71(69-78-72(75)66-63-60-57-54-51-48-27-24-21-18-15-12-9-6-3)80-74(77)68-65-62-59-56-53-50-47-44-29-26-23-20-17-14-11-8-5-2/h7,10,16-17,19-20,24-29,31-32,34-35,71H,4-6,8-9,11-15,18,21-23,30,33,36-70H2,1-3H3/b10-7-,19-16-,20-17-,27-24-,28-25-,29-26-,32-31-,35-34-. The van der Waals surface area contributed by atoms with Gasteiger partial charge >= 0.3 is 17.9 Å². The molecule has 0 spiro atoms. The Morgan fingerprint density at radius 1 is 0.263 bits per heavy atom. The average molecular weight is 1110 g/mol.